The molecule has 13 heteroatoms. The zero-order valence-corrected chi connectivity index (χ0v) is 29.4. The van der Waals surface area contributed by atoms with E-state index in [9.17, 15) is 28.8 Å². The van der Waals surface area contributed by atoms with E-state index in [4.69, 9.17) is 33.2 Å². The molecule has 2 unspecified atom stereocenters. The summed E-state index contributed by atoms with van der Waals surface area (Å²) in [6, 6.07) is 0. The molecule has 4 atom stereocenters. The Morgan fingerprint density at radius 3 is 1.18 bits per heavy atom. The van der Waals surface area contributed by atoms with E-state index in [1.54, 1.807) is 0 Å². The van der Waals surface area contributed by atoms with Crippen LogP contribution in [-0.4, -0.2) is 93.6 Å². The standard InChI is InChI=1S/C36H58O13/c1-2-3-4-5-6-7-10-13-16-19-22-43-33(39)34(40)44-23-20-17-14-11-8-9-12-15-18-21-24-45-35(41)36(42)49-29-27-47-31-28(26-46-32(29)31)48-30(38)25-37/h25,28-29,31-32H,2-24,26-27H2,1H3/t28-,29-,31?,32?/m0/s1. The molecule has 280 valence electrons. The minimum atomic E-state index is -1.14. The second-order valence-corrected chi connectivity index (χ2v) is 12.8. The molecule has 0 aromatic carbocycles. The van der Waals surface area contributed by atoms with E-state index in [-0.39, 0.29) is 39.3 Å². The Kier molecular flexibility index (Phi) is 23.0. The Bertz CT molecular complexity index is 984. The van der Waals surface area contributed by atoms with Crippen molar-refractivity contribution in [2.24, 2.45) is 0 Å². The predicted molar refractivity (Wildman–Crippen MR) is 176 cm³/mol. The summed E-state index contributed by atoms with van der Waals surface area (Å²) in [6.45, 7) is 2.78. The molecule has 0 aliphatic carbocycles. The molecule has 2 aliphatic rings. The maximum atomic E-state index is 12.1. The number of fused-ring (bicyclic) bond motifs is 1. The first kappa shape index (κ1) is 42.1. The van der Waals surface area contributed by atoms with E-state index >= 15 is 0 Å². The number of unbranched alkanes of at least 4 members (excludes halogenated alkanes) is 18. The van der Waals surface area contributed by atoms with Gasteiger partial charge >= 0.3 is 29.8 Å². The summed E-state index contributed by atoms with van der Waals surface area (Å²) in [5.41, 5.74) is 0. The maximum Gasteiger partial charge on any atom is 0.417 e. The van der Waals surface area contributed by atoms with Gasteiger partial charge in [0.05, 0.1) is 33.0 Å². The fraction of sp³-hybridized carbons (Fsp3) is 0.833. The van der Waals surface area contributed by atoms with E-state index in [2.05, 4.69) is 6.92 Å². The van der Waals surface area contributed by atoms with E-state index in [0.29, 0.717) is 12.8 Å². The van der Waals surface area contributed by atoms with Gasteiger partial charge in [-0.2, -0.15) is 0 Å². The normalized spacial score (nSPS) is 19.5. The number of hydrogen-bond acceptors (Lipinski definition) is 13. The Morgan fingerprint density at radius 2 is 0.816 bits per heavy atom. The molecule has 0 saturated carbocycles. The second-order valence-electron chi connectivity index (χ2n) is 12.8. The quantitative estimate of drug-likeness (QED) is 0.0359. The molecule has 49 heavy (non-hydrogen) atoms. The highest BCUT2D eigenvalue weighted by atomic mass is 16.7. The van der Waals surface area contributed by atoms with Gasteiger partial charge in [0.15, 0.2) is 12.2 Å². The van der Waals surface area contributed by atoms with Crippen molar-refractivity contribution in [2.75, 3.05) is 33.0 Å². The zero-order valence-electron chi connectivity index (χ0n) is 29.4. The SMILES string of the molecule is CCCCCCCCCCCCOC(=O)C(=O)OCCCCCCCCCCCCOC(=O)C(=O)O[C@H]1COC2C1OC[C@@H]2OC(=O)C=O. The molecule has 2 heterocycles. The van der Waals surface area contributed by atoms with E-state index in [0.717, 1.165) is 70.6 Å². The highest BCUT2D eigenvalue weighted by molar-refractivity contribution is 6.30. The van der Waals surface area contributed by atoms with Crippen LogP contribution in [0.1, 0.15) is 135 Å². The van der Waals surface area contributed by atoms with Gasteiger partial charge in [-0.05, 0) is 19.3 Å². The number of carbonyl (C=O) groups is 6. The first-order valence-corrected chi connectivity index (χ1v) is 18.5. The highest BCUT2D eigenvalue weighted by Gasteiger charge is 2.51. The van der Waals surface area contributed by atoms with Crippen molar-refractivity contribution in [3.05, 3.63) is 0 Å². The molecule has 0 bridgehead atoms. The minimum absolute atomic E-state index is 0.00776. The van der Waals surface area contributed by atoms with Crippen molar-refractivity contribution in [1.82, 2.24) is 0 Å². The molecule has 0 aromatic heterocycles. The van der Waals surface area contributed by atoms with Gasteiger partial charge in [0.2, 0.25) is 6.29 Å². The molecule has 0 aromatic rings. The van der Waals surface area contributed by atoms with Crippen LogP contribution in [0.15, 0.2) is 0 Å². The van der Waals surface area contributed by atoms with Gasteiger partial charge in [0, 0.05) is 0 Å². The molecule has 2 fully saturated rings. The van der Waals surface area contributed by atoms with Gasteiger partial charge < -0.3 is 33.2 Å². The van der Waals surface area contributed by atoms with E-state index in [1.807, 2.05) is 0 Å². The zero-order chi connectivity index (χ0) is 35.5. The Balaban J connectivity index is 1.32. The molecule has 0 amide bonds. The van der Waals surface area contributed by atoms with Gasteiger partial charge in [0.25, 0.3) is 0 Å². The Labute approximate surface area is 290 Å². The highest BCUT2D eigenvalue weighted by Crippen LogP contribution is 2.30. The molecule has 2 saturated heterocycles. The molecular weight excluding hydrogens is 640 g/mol. The van der Waals surface area contributed by atoms with Crippen LogP contribution in [-0.2, 0) is 61.9 Å². The molecule has 2 rings (SSSR count). The average Bonchev–Trinajstić information content (AvgIpc) is 3.69. The summed E-state index contributed by atoms with van der Waals surface area (Å²) >= 11 is 0. The number of carbonyl (C=O) groups excluding carboxylic acids is 6. The lowest BCUT2D eigenvalue weighted by Crippen LogP contribution is -2.37. The van der Waals surface area contributed by atoms with Crippen molar-refractivity contribution in [3.63, 3.8) is 0 Å². The maximum absolute atomic E-state index is 12.1. The second kappa shape index (κ2) is 26.8. The monoisotopic (exact) mass is 698 g/mol. The fourth-order valence-electron chi connectivity index (χ4n) is 5.87. The number of ether oxygens (including phenoxy) is 7. The van der Waals surface area contributed by atoms with Crippen molar-refractivity contribution >= 4 is 36.1 Å². The van der Waals surface area contributed by atoms with Gasteiger partial charge in [0.1, 0.15) is 12.2 Å². The number of aldehydes is 1. The lowest BCUT2D eigenvalue weighted by atomic mass is 10.1. The predicted octanol–water partition coefficient (Wildman–Crippen LogP) is 5.26. The summed E-state index contributed by atoms with van der Waals surface area (Å²) < 4.78 is 36.1. The topological polar surface area (TPSA) is 167 Å². The van der Waals surface area contributed by atoms with Crippen LogP contribution in [0.3, 0.4) is 0 Å². The lowest BCUT2D eigenvalue weighted by molar-refractivity contribution is -0.173. The minimum Gasteiger partial charge on any atom is -0.457 e. The summed E-state index contributed by atoms with van der Waals surface area (Å²) in [7, 11) is 0. The van der Waals surface area contributed by atoms with Crippen molar-refractivity contribution in [3.8, 4) is 0 Å². The van der Waals surface area contributed by atoms with Crippen molar-refractivity contribution in [1.29, 1.82) is 0 Å². The summed E-state index contributed by atoms with van der Waals surface area (Å²) in [4.78, 5) is 69.4. The van der Waals surface area contributed by atoms with Crippen LogP contribution in [0.5, 0.6) is 0 Å². The van der Waals surface area contributed by atoms with Gasteiger partial charge in [-0.1, -0.05) is 116 Å². The molecule has 0 spiro atoms. The van der Waals surface area contributed by atoms with Gasteiger partial charge in [-0.25, -0.2) is 24.0 Å². The first-order valence-electron chi connectivity index (χ1n) is 18.5. The van der Waals surface area contributed by atoms with E-state index < -0.39 is 54.3 Å². The largest absolute Gasteiger partial charge is 0.457 e. The van der Waals surface area contributed by atoms with Crippen LogP contribution in [0.2, 0.25) is 0 Å². The van der Waals surface area contributed by atoms with Crippen molar-refractivity contribution < 1.29 is 61.9 Å². The smallest absolute Gasteiger partial charge is 0.417 e. The number of esters is 5. The number of rotatable bonds is 27. The summed E-state index contributed by atoms with van der Waals surface area (Å²) in [5.74, 6) is -5.07. The third-order valence-corrected chi connectivity index (χ3v) is 8.65. The third-order valence-electron chi connectivity index (χ3n) is 8.65. The summed E-state index contributed by atoms with van der Waals surface area (Å²) in [6.07, 6.45) is 18.4. The van der Waals surface area contributed by atoms with Crippen LogP contribution in [0, 0.1) is 0 Å². The molecular formula is C36H58O13. The van der Waals surface area contributed by atoms with Gasteiger partial charge in [-0.3, -0.25) is 4.79 Å². The molecule has 0 radical (unpaired) electrons. The lowest BCUT2D eigenvalue weighted by Gasteiger charge is -2.16. The summed E-state index contributed by atoms with van der Waals surface area (Å²) in [5, 5.41) is 0. The fourth-order valence-corrected chi connectivity index (χ4v) is 5.87. The van der Waals surface area contributed by atoms with Crippen LogP contribution in [0.25, 0.3) is 0 Å². The first-order chi connectivity index (χ1) is 23.9. The van der Waals surface area contributed by atoms with Crippen LogP contribution < -0.4 is 0 Å². The number of hydrogen-bond donors (Lipinski definition) is 0. The van der Waals surface area contributed by atoms with Gasteiger partial charge in [-0.15, -0.1) is 0 Å². The van der Waals surface area contributed by atoms with Crippen molar-refractivity contribution in [2.45, 2.75) is 160 Å². The molecule has 13 nitrogen and oxygen atoms in total. The Hall–Kier alpha value is -3.06. The van der Waals surface area contributed by atoms with Crippen LogP contribution in [0.4, 0.5) is 0 Å². The van der Waals surface area contributed by atoms with Crippen LogP contribution >= 0.6 is 0 Å². The molecule has 2 aliphatic heterocycles. The molecule has 0 N–H and O–H groups in total. The van der Waals surface area contributed by atoms with E-state index in [1.165, 1.54) is 44.9 Å². The average molecular weight is 699 g/mol. The third kappa shape index (κ3) is 18.5. The Morgan fingerprint density at radius 1 is 0.490 bits per heavy atom.